The zero-order valence-electron chi connectivity index (χ0n) is 8.98. The zero-order valence-corrected chi connectivity index (χ0v) is 8.98. The SMILES string of the molecule is c1cc2cc(N[C@@H]3CCNC3)ccc2nn1. The van der Waals surface area contributed by atoms with Gasteiger partial charge in [0.05, 0.1) is 11.7 Å². The average molecular weight is 214 g/mol. The van der Waals surface area contributed by atoms with Gasteiger partial charge in [0, 0.05) is 23.7 Å². The quantitative estimate of drug-likeness (QED) is 0.793. The van der Waals surface area contributed by atoms with Gasteiger partial charge in [0.2, 0.25) is 0 Å². The van der Waals surface area contributed by atoms with Crippen molar-refractivity contribution in [2.75, 3.05) is 18.4 Å². The summed E-state index contributed by atoms with van der Waals surface area (Å²) < 4.78 is 0. The van der Waals surface area contributed by atoms with Crippen LogP contribution in [-0.2, 0) is 0 Å². The molecule has 1 aliphatic heterocycles. The van der Waals surface area contributed by atoms with Gasteiger partial charge >= 0.3 is 0 Å². The summed E-state index contributed by atoms with van der Waals surface area (Å²) in [5, 5.41) is 15.9. The Hall–Kier alpha value is -1.68. The van der Waals surface area contributed by atoms with Crippen LogP contribution in [0.2, 0.25) is 0 Å². The van der Waals surface area contributed by atoms with Gasteiger partial charge in [-0.2, -0.15) is 10.2 Å². The molecule has 0 amide bonds. The maximum atomic E-state index is 4.06. The van der Waals surface area contributed by atoms with E-state index in [-0.39, 0.29) is 0 Å². The summed E-state index contributed by atoms with van der Waals surface area (Å²) in [6.07, 6.45) is 2.91. The van der Waals surface area contributed by atoms with Crippen molar-refractivity contribution in [3.63, 3.8) is 0 Å². The molecule has 0 saturated carbocycles. The standard InChI is InChI=1S/C12H14N4/c1-2-12-9(3-6-14-16-12)7-10(1)15-11-4-5-13-8-11/h1-3,6-7,11,13,15H,4-5,8H2/t11-/m1/s1. The molecule has 2 aromatic rings. The molecule has 0 radical (unpaired) electrons. The van der Waals surface area contributed by atoms with Crippen molar-refractivity contribution in [2.45, 2.75) is 12.5 Å². The van der Waals surface area contributed by atoms with Crippen LogP contribution in [0.3, 0.4) is 0 Å². The van der Waals surface area contributed by atoms with E-state index >= 15 is 0 Å². The maximum Gasteiger partial charge on any atom is 0.0931 e. The summed E-state index contributed by atoms with van der Waals surface area (Å²) in [6.45, 7) is 2.16. The monoisotopic (exact) mass is 214 g/mol. The van der Waals surface area contributed by atoms with Gasteiger partial charge in [0.25, 0.3) is 0 Å². The number of nitrogens with zero attached hydrogens (tertiary/aromatic N) is 2. The molecule has 1 atom stereocenters. The van der Waals surface area contributed by atoms with E-state index in [0.717, 1.165) is 29.7 Å². The first-order valence-corrected chi connectivity index (χ1v) is 5.60. The Kier molecular flexibility index (Phi) is 2.42. The van der Waals surface area contributed by atoms with Gasteiger partial charge in [-0.25, -0.2) is 0 Å². The second-order valence-corrected chi connectivity index (χ2v) is 4.14. The lowest BCUT2D eigenvalue weighted by molar-refractivity contribution is 0.793. The maximum absolute atomic E-state index is 4.06. The molecule has 3 rings (SSSR count). The molecular weight excluding hydrogens is 200 g/mol. The van der Waals surface area contributed by atoms with Gasteiger partial charge in [-0.1, -0.05) is 0 Å². The number of anilines is 1. The summed E-state index contributed by atoms with van der Waals surface area (Å²) in [6, 6.07) is 8.73. The van der Waals surface area contributed by atoms with Crippen LogP contribution in [-0.4, -0.2) is 29.3 Å². The molecule has 2 heterocycles. The van der Waals surface area contributed by atoms with E-state index < -0.39 is 0 Å². The van der Waals surface area contributed by atoms with Crippen LogP contribution in [0.4, 0.5) is 5.69 Å². The topological polar surface area (TPSA) is 49.8 Å². The number of benzene rings is 1. The highest BCUT2D eigenvalue weighted by atomic mass is 15.1. The minimum Gasteiger partial charge on any atom is -0.381 e. The molecule has 2 N–H and O–H groups in total. The molecular formula is C12H14N4. The Bertz CT molecular complexity index is 491. The number of aromatic nitrogens is 2. The first kappa shape index (κ1) is 9.54. The van der Waals surface area contributed by atoms with E-state index in [9.17, 15) is 0 Å². The molecule has 1 fully saturated rings. The van der Waals surface area contributed by atoms with Crippen molar-refractivity contribution in [1.29, 1.82) is 0 Å². The van der Waals surface area contributed by atoms with E-state index in [1.165, 1.54) is 6.42 Å². The molecule has 4 heteroatoms. The highest BCUT2D eigenvalue weighted by Gasteiger charge is 2.13. The fraction of sp³-hybridized carbons (Fsp3) is 0.333. The van der Waals surface area contributed by atoms with E-state index in [4.69, 9.17) is 0 Å². The van der Waals surface area contributed by atoms with Gasteiger partial charge < -0.3 is 10.6 Å². The molecule has 1 aromatic carbocycles. The molecule has 0 unspecified atom stereocenters. The van der Waals surface area contributed by atoms with E-state index in [1.807, 2.05) is 12.1 Å². The van der Waals surface area contributed by atoms with Crippen LogP contribution in [0.1, 0.15) is 6.42 Å². The minimum absolute atomic E-state index is 0.548. The van der Waals surface area contributed by atoms with Crippen LogP contribution in [0.25, 0.3) is 10.9 Å². The fourth-order valence-corrected chi connectivity index (χ4v) is 2.09. The van der Waals surface area contributed by atoms with Crippen LogP contribution in [0.15, 0.2) is 30.5 Å². The third-order valence-corrected chi connectivity index (χ3v) is 2.94. The van der Waals surface area contributed by atoms with E-state index in [0.29, 0.717) is 6.04 Å². The van der Waals surface area contributed by atoms with Crippen LogP contribution < -0.4 is 10.6 Å². The molecule has 16 heavy (non-hydrogen) atoms. The summed E-state index contributed by atoms with van der Waals surface area (Å²) in [5.74, 6) is 0. The summed E-state index contributed by atoms with van der Waals surface area (Å²) in [5.41, 5.74) is 2.10. The third-order valence-electron chi connectivity index (χ3n) is 2.94. The Balaban J connectivity index is 1.86. The first-order valence-electron chi connectivity index (χ1n) is 5.60. The summed E-state index contributed by atoms with van der Waals surface area (Å²) in [4.78, 5) is 0. The Morgan fingerprint density at radius 3 is 3.19 bits per heavy atom. The first-order chi connectivity index (χ1) is 7.92. The fourth-order valence-electron chi connectivity index (χ4n) is 2.09. The van der Waals surface area contributed by atoms with Crippen LogP contribution in [0, 0.1) is 0 Å². The van der Waals surface area contributed by atoms with Gasteiger partial charge in [-0.05, 0) is 37.2 Å². The molecule has 0 bridgehead atoms. The minimum atomic E-state index is 0.548. The molecule has 0 spiro atoms. The van der Waals surface area contributed by atoms with Gasteiger partial charge in [-0.3, -0.25) is 0 Å². The molecule has 1 aromatic heterocycles. The van der Waals surface area contributed by atoms with Crippen molar-refractivity contribution >= 4 is 16.6 Å². The lowest BCUT2D eigenvalue weighted by Gasteiger charge is -2.12. The molecule has 1 aliphatic rings. The summed E-state index contributed by atoms with van der Waals surface area (Å²) >= 11 is 0. The van der Waals surface area contributed by atoms with Gasteiger partial charge in [0.15, 0.2) is 0 Å². The smallest absolute Gasteiger partial charge is 0.0931 e. The number of rotatable bonds is 2. The second kappa shape index (κ2) is 4.06. The van der Waals surface area contributed by atoms with Crippen LogP contribution >= 0.6 is 0 Å². The molecule has 1 saturated heterocycles. The predicted molar refractivity (Wildman–Crippen MR) is 64.4 cm³/mol. The Labute approximate surface area is 94.1 Å². The highest BCUT2D eigenvalue weighted by Crippen LogP contribution is 2.18. The Morgan fingerprint density at radius 2 is 2.31 bits per heavy atom. The molecule has 0 aliphatic carbocycles. The molecule has 82 valence electrons. The van der Waals surface area contributed by atoms with Crippen molar-refractivity contribution in [3.05, 3.63) is 30.5 Å². The lowest BCUT2D eigenvalue weighted by Crippen LogP contribution is -2.21. The van der Waals surface area contributed by atoms with E-state index in [2.05, 4.69) is 33.0 Å². The van der Waals surface area contributed by atoms with Crippen molar-refractivity contribution < 1.29 is 0 Å². The predicted octanol–water partition coefficient (Wildman–Crippen LogP) is 1.40. The number of hydrogen-bond acceptors (Lipinski definition) is 4. The average Bonchev–Trinajstić information content (AvgIpc) is 2.82. The Morgan fingerprint density at radius 1 is 1.31 bits per heavy atom. The third kappa shape index (κ3) is 1.84. The van der Waals surface area contributed by atoms with Gasteiger partial charge in [-0.15, -0.1) is 0 Å². The van der Waals surface area contributed by atoms with E-state index in [1.54, 1.807) is 6.20 Å². The second-order valence-electron chi connectivity index (χ2n) is 4.14. The number of hydrogen-bond donors (Lipinski definition) is 2. The largest absolute Gasteiger partial charge is 0.381 e. The van der Waals surface area contributed by atoms with Crippen molar-refractivity contribution in [1.82, 2.24) is 15.5 Å². The van der Waals surface area contributed by atoms with Gasteiger partial charge in [0.1, 0.15) is 0 Å². The summed E-state index contributed by atoms with van der Waals surface area (Å²) in [7, 11) is 0. The number of nitrogens with one attached hydrogen (secondary N) is 2. The normalized spacial score (nSPS) is 20.1. The number of fused-ring (bicyclic) bond motifs is 1. The highest BCUT2D eigenvalue weighted by molar-refractivity contribution is 5.81. The lowest BCUT2D eigenvalue weighted by atomic mass is 10.2. The zero-order chi connectivity index (χ0) is 10.8. The van der Waals surface area contributed by atoms with Crippen molar-refractivity contribution in [2.24, 2.45) is 0 Å². The van der Waals surface area contributed by atoms with Crippen LogP contribution in [0.5, 0.6) is 0 Å². The van der Waals surface area contributed by atoms with Crippen molar-refractivity contribution in [3.8, 4) is 0 Å². The molecule has 4 nitrogen and oxygen atoms in total.